The molecule has 1 saturated heterocycles. The van der Waals surface area contributed by atoms with Gasteiger partial charge >= 0.3 is 0 Å². The number of aromatic hydroxyl groups is 1. The highest BCUT2D eigenvalue weighted by atomic mass is 16.5. The Morgan fingerprint density at radius 2 is 1.93 bits per heavy atom. The molecule has 1 fully saturated rings. The van der Waals surface area contributed by atoms with Gasteiger partial charge in [-0.2, -0.15) is 10.4 Å². The Labute approximate surface area is 162 Å². The van der Waals surface area contributed by atoms with Crippen molar-refractivity contribution in [2.24, 2.45) is 0 Å². The van der Waals surface area contributed by atoms with Gasteiger partial charge in [0.2, 0.25) is 0 Å². The summed E-state index contributed by atoms with van der Waals surface area (Å²) < 4.78 is 7.80. The maximum Gasteiger partial charge on any atom is 0.150 e. The summed E-state index contributed by atoms with van der Waals surface area (Å²) in [5.41, 5.74) is 2.81. The highest BCUT2D eigenvalue weighted by Gasteiger charge is 2.23. The topological polar surface area (TPSA) is 71.1 Å². The summed E-state index contributed by atoms with van der Waals surface area (Å²) in [6.45, 7) is 0.708. The van der Waals surface area contributed by atoms with E-state index in [4.69, 9.17) is 9.84 Å². The summed E-state index contributed by atoms with van der Waals surface area (Å²) in [5.74, 6) is -0.0305. The largest absolute Gasteiger partial charge is 0.506 e. The molecule has 3 aromatic carbocycles. The van der Waals surface area contributed by atoms with Crippen molar-refractivity contribution >= 4 is 21.7 Å². The third kappa shape index (κ3) is 2.70. The molecule has 138 valence electrons. The number of nitrogens with zero attached hydrogens (tertiary/aromatic N) is 3. The van der Waals surface area contributed by atoms with E-state index < -0.39 is 0 Å². The van der Waals surface area contributed by atoms with E-state index in [0.717, 1.165) is 46.8 Å². The van der Waals surface area contributed by atoms with Gasteiger partial charge in [-0.25, -0.2) is 4.68 Å². The fourth-order valence-electron chi connectivity index (χ4n) is 3.95. The summed E-state index contributed by atoms with van der Waals surface area (Å²) in [5, 5.41) is 27.6. The molecule has 0 bridgehead atoms. The van der Waals surface area contributed by atoms with Gasteiger partial charge < -0.3 is 9.84 Å². The Morgan fingerprint density at radius 1 is 1.07 bits per heavy atom. The fourth-order valence-corrected chi connectivity index (χ4v) is 3.95. The van der Waals surface area contributed by atoms with Crippen LogP contribution in [0.5, 0.6) is 5.75 Å². The minimum atomic E-state index is -0.155. The zero-order chi connectivity index (χ0) is 19.1. The van der Waals surface area contributed by atoms with E-state index in [1.54, 1.807) is 12.1 Å². The molecule has 5 heteroatoms. The van der Waals surface area contributed by atoms with E-state index in [2.05, 4.69) is 36.4 Å². The van der Waals surface area contributed by atoms with Gasteiger partial charge in [-0.05, 0) is 42.2 Å². The fraction of sp³-hybridized carbons (Fsp3) is 0.217. The lowest BCUT2D eigenvalue weighted by atomic mass is 10.0. The molecule has 0 spiro atoms. The zero-order valence-electron chi connectivity index (χ0n) is 15.3. The number of benzene rings is 3. The molecule has 1 aromatic heterocycles. The average molecular weight is 369 g/mol. The van der Waals surface area contributed by atoms with Crippen molar-refractivity contribution in [1.82, 2.24) is 9.78 Å². The van der Waals surface area contributed by atoms with Crippen molar-refractivity contribution in [2.45, 2.75) is 25.5 Å². The van der Waals surface area contributed by atoms with Crippen molar-refractivity contribution in [3.05, 3.63) is 60.2 Å². The lowest BCUT2D eigenvalue weighted by Crippen LogP contribution is -2.19. The van der Waals surface area contributed by atoms with Gasteiger partial charge in [-0.1, -0.05) is 36.4 Å². The van der Waals surface area contributed by atoms with E-state index in [1.165, 1.54) is 5.39 Å². The van der Waals surface area contributed by atoms with E-state index in [0.29, 0.717) is 6.61 Å². The number of phenols is 1. The molecule has 0 amide bonds. The molecule has 28 heavy (non-hydrogen) atoms. The molecule has 0 aliphatic carbocycles. The maximum atomic E-state index is 10.2. The molecular weight excluding hydrogens is 350 g/mol. The van der Waals surface area contributed by atoms with Crippen LogP contribution in [0.15, 0.2) is 54.6 Å². The first kappa shape index (κ1) is 16.8. The molecule has 2 heterocycles. The molecule has 1 aliphatic rings. The van der Waals surface area contributed by atoms with E-state index >= 15 is 0 Å². The summed E-state index contributed by atoms with van der Waals surface area (Å²) in [6, 6.07) is 19.9. The Hall–Kier alpha value is -3.36. The Morgan fingerprint density at radius 3 is 2.71 bits per heavy atom. The number of fused-ring (bicyclic) bond motifs is 2. The minimum absolute atomic E-state index is 0.0305. The SMILES string of the molecule is N#Cc1cc2c(-c3ccc4ccccc4c3)nn(C3CCCCO3)c2cc1O. The lowest BCUT2D eigenvalue weighted by molar-refractivity contribution is -0.0365. The number of ether oxygens (including phenoxy) is 1. The van der Waals surface area contributed by atoms with Gasteiger partial charge in [0.15, 0.2) is 6.23 Å². The van der Waals surface area contributed by atoms with Crippen LogP contribution in [0.25, 0.3) is 32.9 Å². The first-order valence-electron chi connectivity index (χ1n) is 9.51. The number of hydrogen-bond acceptors (Lipinski definition) is 4. The zero-order valence-corrected chi connectivity index (χ0v) is 15.3. The van der Waals surface area contributed by atoms with Gasteiger partial charge in [-0.15, -0.1) is 0 Å². The van der Waals surface area contributed by atoms with Gasteiger partial charge in [0.05, 0.1) is 11.1 Å². The summed E-state index contributed by atoms with van der Waals surface area (Å²) in [7, 11) is 0. The first-order valence-corrected chi connectivity index (χ1v) is 9.51. The van der Waals surface area contributed by atoms with Gasteiger partial charge in [0, 0.05) is 23.6 Å². The molecular formula is C23H19N3O2. The highest BCUT2D eigenvalue weighted by Crippen LogP contribution is 2.36. The molecule has 4 aromatic rings. The Balaban J connectivity index is 1.75. The predicted molar refractivity (Wildman–Crippen MR) is 108 cm³/mol. The van der Waals surface area contributed by atoms with Gasteiger partial charge in [0.25, 0.3) is 0 Å². The van der Waals surface area contributed by atoms with Crippen LogP contribution >= 0.6 is 0 Å². The highest BCUT2D eigenvalue weighted by molar-refractivity contribution is 5.97. The molecule has 1 unspecified atom stereocenters. The average Bonchev–Trinajstić information content (AvgIpc) is 3.11. The summed E-state index contributed by atoms with van der Waals surface area (Å²) in [6.07, 6.45) is 2.86. The molecule has 1 atom stereocenters. The van der Waals surface area contributed by atoms with Gasteiger partial charge in [-0.3, -0.25) is 0 Å². The van der Waals surface area contributed by atoms with Crippen LogP contribution in [-0.4, -0.2) is 21.5 Å². The number of aromatic nitrogens is 2. The molecule has 1 N–H and O–H groups in total. The van der Waals surface area contributed by atoms with Crippen molar-refractivity contribution < 1.29 is 9.84 Å². The number of hydrogen-bond donors (Lipinski definition) is 1. The molecule has 1 aliphatic heterocycles. The van der Waals surface area contributed by atoms with Crippen molar-refractivity contribution in [1.29, 1.82) is 5.26 Å². The van der Waals surface area contributed by atoms with Crippen LogP contribution in [0.1, 0.15) is 31.1 Å². The van der Waals surface area contributed by atoms with Crippen molar-refractivity contribution in [2.75, 3.05) is 6.61 Å². The molecule has 5 rings (SSSR count). The normalized spacial score (nSPS) is 17.0. The molecule has 0 radical (unpaired) electrons. The second-order valence-corrected chi connectivity index (χ2v) is 7.17. The van der Waals surface area contributed by atoms with Crippen LogP contribution in [0.3, 0.4) is 0 Å². The Bertz CT molecular complexity index is 1230. The minimum Gasteiger partial charge on any atom is -0.506 e. The van der Waals surface area contributed by atoms with Crippen molar-refractivity contribution in [3.63, 3.8) is 0 Å². The summed E-state index contributed by atoms with van der Waals surface area (Å²) >= 11 is 0. The predicted octanol–water partition coefficient (Wildman–Crippen LogP) is 5.13. The molecule has 5 nitrogen and oxygen atoms in total. The lowest BCUT2D eigenvalue weighted by Gasteiger charge is -2.23. The van der Waals surface area contributed by atoms with Crippen LogP contribution in [0.4, 0.5) is 0 Å². The van der Waals surface area contributed by atoms with E-state index in [9.17, 15) is 10.4 Å². The van der Waals surface area contributed by atoms with Crippen LogP contribution in [0, 0.1) is 11.3 Å². The van der Waals surface area contributed by atoms with Gasteiger partial charge in [0.1, 0.15) is 17.5 Å². The first-order chi connectivity index (χ1) is 13.7. The number of nitriles is 1. The maximum absolute atomic E-state index is 10.2. The Kier molecular flexibility index (Phi) is 4.00. The number of rotatable bonds is 2. The smallest absolute Gasteiger partial charge is 0.150 e. The molecule has 0 saturated carbocycles. The van der Waals surface area contributed by atoms with Crippen LogP contribution in [-0.2, 0) is 4.74 Å². The van der Waals surface area contributed by atoms with E-state index in [-0.39, 0.29) is 17.5 Å². The quantitative estimate of drug-likeness (QED) is 0.531. The summed E-state index contributed by atoms with van der Waals surface area (Å²) in [4.78, 5) is 0. The standard InChI is InChI=1S/C23H19N3O2/c24-14-18-12-19-20(13-21(18)27)26(22-7-3-4-10-28-22)25-23(19)17-9-8-15-5-1-2-6-16(15)11-17/h1-2,5-6,8-9,11-13,22,27H,3-4,7,10H2. The third-order valence-electron chi connectivity index (χ3n) is 5.40. The second-order valence-electron chi connectivity index (χ2n) is 7.17. The van der Waals surface area contributed by atoms with Crippen LogP contribution in [0.2, 0.25) is 0 Å². The van der Waals surface area contributed by atoms with Crippen LogP contribution < -0.4 is 0 Å². The van der Waals surface area contributed by atoms with E-state index in [1.807, 2.05) is 16.8 Å². The second kappa shape index (κ2) is 6.66. The monoisotopic (exact) mass is 369 g/mol. The third-order valence-corrected chi connectivity index (χ3v) is 5.40. The van der Waals surface area contributed by atoms with Crippen molar-refractivity contribution in [3.8, 4) is 23.1 Å². The number of phenolic OH excluding ortho intramolecular Hbond substituents is 1.